The maximum absolute atomic E-state index is 14.1. The number of allylic oxidation sites excluding steroid dienone is 1. The van der Waals surface area contributed by atoms with Crippen molar-refractivity contribution in [3.05, 3.63) is 77.1 Å². The van der Waals surface area contributed by atoms with Crippen molar-refractivity contribution in [1.82, 2.24) is 9.78 Å². The predicted molar refractivity (Wildman–Crippen MR) is 145 cm³/mol. The lowest BCUT2D eigenvalue weighted by molar-refractivity contribution is -0.145. The molecule has 2 aromatic carbocycles. The van der Waals surface area contributed by atoms with Gasteiger partial charge in [0, 0.05) is 35.2 Å². The second-order valence-electron chi connectivity index (χ2n) is 11.0. The Morgan fingerprint density at radius 1 is 1.07 bits per heavy atom. The Kier molecular flexibility index (Phi) is 7.12. The Labute approximate surface area is 231 Å². The van der Waals surface area contributed by atoms with E-state index < -0.39 is 52.8 Å². The van der Waals surface area contributed by atoms with Crippen LogP contribution in [-0.4, -0.2) is 51.0 Å². The van der Waals surface area contributed by atoms with Gasteiger partial charge in [-0.2, -0.15) is 18.3 Å². The van der Waals surface area contributed by atoms with Crippen LogP contribution in [0, 0.1) is 5.92 Å². The summed E-state index contributed by atoms with van der Waals surface area (Å²) in [5.41, 5.74) is 0.652. The number of unbranched alkanes of at least 4 members (excludes halogenated alkanes) is 1. The summed E-state index contributed by atoms with van der Waals surface area (Å²) in [6.45, 7) is 6.87. The summed E-state index contributed by atoms with van der Waals surface area (Å²) >= 11 is 0. The number of para-hydroxylation sites is 1. The van der Waals surface area contributed by atoms with Crippen LogP contribution >= 0.6 is 0 Å². The second kappa shape index (κ2) is 10.2. The molecule has 1 aromatic heterocycles. The molecule has 0 amide bonds. The third kappa shape index (κ3) is 4.43. The Morgan fingerprint density at radius 2 is 1.75 bits per heavy atom. The van der Waals surface area contributed by atoms with Crippen LogP contribution in [0.2, 0.25) is 0 Å². The number of fused-ring (bicyclic) bond motifs is 1. The van der Waals surface area contributed by atoms with E-state index in [9.17, 15) is 28.5 Å². The molecule has 214 valence electrons. The van der Waals surface area contributed by atoms with Crippen LogP contribution < -0.4 is 9.64 Å². The number of hydrogen-bond acceptors (Lipinski definition) is 6. The van der Waals surface area contributed by atoms with E-state index in [1.807, 2.05) is 32.0 Å². The van der Waals surface area contributed by atoms with E-state index >= 15 is 0 Å². The van der Waals surface area contributed by atoms with Crippen molar-refractivity contribution in [2.75, 3.05) is 18.6 Å². The summed E-state index contributed by atoms with van der Waals surface area (Å²) in [4.78, 5) is 2.15. The summed E-state index contributed by atoms with van der Waals surface area (Å²) < 4.78 is 48.4. The van der Waals surface area contributed by atoms with Crippen molar-refractivity contribution in [2.24, 2.45) is 5.92 Å². The van der Waals surface area contributed by atoms with Crippen molar-refractivity contribution >= 4 is 5.69 Å². The van der Waals surface area contributed by atoms with Gasteiger partial charge >= 0.3 is 6.18 Å². The molecule has 0 saturated heterocycles. The summed E-state index contributed by atoms with van der Waals surface area (Å²) in [5.74, 6) is -2.26. The number of aliphatic hydroxyl groups excluding tert-OH is 2. The Bertz CT molecular complexity index is 1410. The molecule has 0 spiro atoms. The highest BCUT2D eigenvalue weighted by molar-refractivity contribution is 5.72. The number of aliphatic hydroxyl groups is 2. The first-order valence-corrected chi connectivity index (χ1v) is 13.4. The molecule has 10 heteroatoms. The van der Waals surface area contributed by atoms with E-state index in [0.717, 1.165) is 34.5 Å². The first-order valence-electron chi connectivity index (χ1n) is 13.4. The molecule has 3 aromatic rings. The van der Waals surface area contributed by atoms with Gasteiger partial charge < -0.3 is 25.0 Å². The summed E-state index contributed by atoms with van der Waals surface area (Å²) in [6, 6.07) is 13.8. The summed E-state index contributed by atoms with van der Waals surface area (Å²) in [6.07, 6.45) is -4.01. The van der Waals surface area contributed by atoms with Gasteiger partial charge in [0.25, 0.3) is 0 Å². The standard InChI is InChI=1S/C30H34F3N3O4/c1-5-6-14-35-21-13-12-18(40-4)15-20(21)29(2,3)22(35)16-19-25(37)23(26(19)38)24-27(30(31,32)33)34-36(28(24)39)17-10-8-7-9-11-17/h7-13,15-16,19,23,25-26,37-39H,5-6,14H2,1-4H3. The normalized spacial score (nSPS) is 24.7. The molecule has 2 aliphatic rings. The minimum absolute atomic E-state index is 0.228. The number of methoxy groups -OCH3 is 1. The van der Waals surface area contributed by atoms with E-state index in [-0.39, 0.29) is 5.69 Å². The van der Waals surface area contributed by atoms with Crippen LogP contribution in [0.4, 0.5) is 18.9 Å². The average molecular weight is 558 g/mol. The van der Waals surface area contributed by atoms with Gasteiger partial charge in [0.15, 0.2) is 5.69 Å². The Balaban J connectivity index is 1.53. The topological polar surface area (TPSA) is 91.0 Å². The van der Waals surface area contributed by atoms with Crippen LogP contribution in [0.3, 0.4) is 0 Å². The molecule has 1 fully saturated rings. The third-order valence-corrected chi connectivity index (χ3v) is 8.21. The molecule has 40 heavy (non-hydrogen) atoms. The summed E-state index contributed by atoms with van der Waals surface area (Å²) in [7, 11) is 1.60. The molecule has 0 bridgehead atoms. The molecule has 1 aliphatic carbocycles. The van der Waals surface area contributed by atoms with Gasteiger partial charge in [-0.05, 0) is 42.3 Å². The van der Waals surface area contributed by atoms with Crippen LogP contribution in [0.25, 0.3) is 5.69 Å². The molecular weight excluding hydrogens is 523 g/mol. The third-order valence-electron chi connectivity index (χ3n) is 8.21. The van der Waals surface area contributed by atoms with Crippen molar-refractivity contribution < 1.29 is 33.2 Å². The monoisotopic (exact) mass is 557 g/mol. The Hall–Kier alpha value is -3.50. The fraction of sp³-hybridized carbons (Fsp3) is 0.433. The number of anilines is 1. The lowest BCUT2D eigenvalue weighted by Gasteiger charge is -2.46. The minimum atomic E-state index is -4.90. The van der Waals surface area contributed by atoms with Gasteiger partial charge in [-0.15, -0.1) is 0 Å². The lowest BCUT2D eigenvalue weighted by atomic mass is 9.64. The van der Waals surface area contributed by atoms with Crippen molar-refractivity contribution in [3.8, 4) is 17.3 Å². The number of aromatic nitrogens is 2. The first-order chi connectivity index (χ1) is 18.9. The number of alkyl halides is 3. The molecule has 1 aliphatic heterocycles. The predicted octanol–water partition coefficient (Wildman–Crippen LogP) is 5.52. The molecule has 1 saturated carbocycles. The zero-order chi connectivity index (χ0) is 29.0. The van der Waals surface area contributed by atoms with Crippen LogP contribution in [-0.2, 0) is 11.6 Å². The van der Waals surface area contributed by atoms with Crippen molar-refractivity contribution in [3.63, 3.8) is 0 Å². The smallest absolute Gasteiger partial charge is 0.435 e. The van der Waals surface area contributed by atoms with Crippen molar-refractivity contribution in [1.29, 1.82) is 0 Å². The number of hydrogen-bond donors (Lipinski definition) is 3. The van der Waals surface area contributed by atoms with E-state index in [1.165, 1.54) is 12.1 Å². The maximum atomic E-state index is 14.1. The zero-order valence-corrected chi connectivity index (χ0v) is 22.9. The van der Waals surface area contributed by atoms with E-state index in [4.69, 9.17) is 4.74 Å². The summed E-state index contributed by atoms with van der Waals surface area (Å²) in [5, 5.41) is 37.0. The molecule has 2 heterocycles. The highest BCUT2D eigenvalue weighted by atomic mass is 19.4. The molecule has 0 radical (unpaired) electrons. The minimum Gasteiger partial charge on any atom is -0.497 e. The van der Waals surface area contributed by atoms with E-state index in [2.05, 4.69) is 16.9 Å². The van der Waals surface area contributed by atoms with Gasteiger partial charge in [0.05, 0.1) is 30.6 Å². The Morgan fingerprint density at radius 3 is 2.35 bits per heavy atom. The van der Waals surface area contributed by atoms with Gasteiger partial charge in [0.1, 0.15) is 5.75 Å². The van der Waals surface area contributed by atoms with Crippen LogP contribution in [0.5, 0.6) is 11.6 Å². The fourth-order valence-electron chi connectivity index (χ4n) is 5.98. The number of halogens is 3. The molecular formula is C30H34F3N3O4. The largest absolute Gasteiger partial charge is 0.497 e. The second-order valence-corrected chi connectivity index (χ2v) is 11.0. The number of nitrogens with zero attached hydrogens (tertiary/aromatic N) is 3. The quantitative estimate of drug-likeness (QED) is 0.354. The van der Waals surface area contributed by atoms with Crippen LogP contribution in [0.15, 0.2) is 60.3 Å². The van der Waals surface area contributed by atoms with Crippen molar-refractivity contribution in [2.45, 2.75) is 63.3 Å². The SMILES string of the molecule is CCCCN1C(=CC2C(O)C(c3c(C(F)(F)F)nn(-c4ccccc4)c3O)C2O)C(C)(C)c2cc(OC)ccc21. The number of benzene rings is 2. The van der Waals surface area contributed by atoms with Gasteiger partial charge in [-0.25, -0.2) is 4.68 Å². The average Bonchev–Trinajstić information content (AvgIpc) is 3.37. The molecule has 2 atom stereocenters. The molecule has 7 nitrogen and oxygen atoms in total. The highest BCUT2D eigenvalue weighted by Gasteiger charge is 2.55. The van der Waals surface area contributed by atoms with Gasteiger partial charge in [0.2, 0.25) is 5.88 Å². The van der Waals surface area contributed by atoms with Crippen LogP contribution in [0.1, 0.15) is 56.4 Å². The maximum Gasteiger partial charge on any atom is 0.435 e. The number of rotatable bonds is 7. The molecule has 2 unspecified atom stereocenters. The van der Waals surface area contributed by atoms with Gasteiger partial charge in [-0.3, -0.25) is 0 Å². The highest BCUT2D eigenvalue weighted by Crippen LogP contribution is 2.54. The van der Waals surface area contributed by atoms with E-state index in [1.54, 1.807) is 31.4 Å². The fourth-order valence-corrected chi connectivity index (χ4v) is 5.98. The number of aromatic hydroxyl groups is 1. The molecule has 5 rings (SSSR count). The molecule has 3 N–H and O–H groups in total. The zero-order valence-electron chi connectivity index (χ0n) is 22.9. The first kappa shape index (κ1) is 28.0. The lowest BCUT2D eigenvalue weighted by Crippen LogP contribution is -2.53. The van der Waals surface area contributed by atoms with E-state index in [0.29, 0.717) is 12.3 Å². The number of ether oxygens (including phenoxy) is 1. The van der Waals surface area contributed by atoms with Gasteiger partial charge in [-0.1, -0.05) is 51.5 Å².